The van der Waals surface area contributed by atoms with E-state index in [4.69, 9.17) is 14.8 Å². The minimum atomic E-state index is -0.940. The van der Waals surface area contributed by atoms with Crippen molar-refractivity contribution < 1.29 is 19.2 Å². The molecular weight excluding hydrogens is 418 g/mol. The van der Waals surface area contributed by atoms with E-state index >= 15 is 0 Å². The van der Waals surface area contributed by atoms with Gasteiger partial charge in [-0.3, -0.25) is 14.4 Å². The summed E-state index contributed by atoms with van der Waals surface area (Å²) in [5.74, 6) is -0.770. The van der Waals surface area contributed by atoms with E-state index in [-0.39, 0.29) is 5.91 Å². The highest BCUT2D eigenvalue weighted by atomic mass is 16.7. The molecule has 0 unspecified atom stereocenters. The van der Waals surface area contributed by atoms with Crippen molar-refractivity contribution in [2.24, 2.45) is 5.92 Å². The number of fused-ring (bicyclic) bond motifs is 1. The lowest BCUT2D eigenvalue weighted by molar-refractivity contribution is -0.126. The van der Waals surface area contributed by atoms with Gasteiger partial charge in [-0.25, -0.2) is 9.96 Å². The van der Waals surface area contributed by atoms with Crippen LogP contribution in [0.3, 0.4) is 0 Å². The summed E-state index contributed by atoms with van der Waals surface area (Å²) < 4.78 is 5.47. The van der Waals surface area contributed by atoms with Gasteiger partial charge in [0.25, 0.3) is 5.91 Å². The molecule has 3 aromatic carbocycles. The van der Waals surface area contributed by atoms with Crippen LogP contribution in [0.25, 0.3) is 0 Å². The zero-order chi connectivity index (χ0) is 22.9. The summed E-state index contributed by atoms with van der Waals surface area (Å²) in [6.45, 7) is 2.42. The number of nitrogens with zero attached hydrogens (tertiary/aromatic N) is 3. The van der Waals surface area contributed by atoms with Crippen molar-refractivity contribution in [2.45, 2.75) is 19.1 Å². The summed E-state index contributed by atoms with van der Waals surface area (Å²) in [6.07, 6.45) is -0.940. The van der Waals surface area contributed by atoms with Crippen LogP contribution in [0.15, 0.2) is 78.9 Å². The van der Waals surface area contributed by atoms with Crippen LogP contribution in [0.1, 0.15) is 24.1 Å². The fourth-order valence-electron chi connectivity index (χ4n) is 4.42. The Hall–Kier alpha value is -4.15. The molecule has 0 aliphatic carbocycles. The van der Waals surface area contributed by atoms with E-state index in [0.29, 0.717) is 23.6 Å². The van der Waals surface area contributed by atoms with Crippen molar-refractivity contribution in [2.75, 3.05) is 16.6 Å². The summed E-state index contributed by atoms with van der Waals surface area (Å²) in [6, 6.07) is 24.9. The van der Waals surface area contributed by atoms with E-state index in [2.05, 4.69) is 6.07 Å². The molecule has 7 nitrogen and oxygen atoms in total. The Kier molecular flexibility index (Phi) is 5.29. The van der Waals surface area contributed by atoms with E-state index in [1.54, 1.807) is 41.5 Å². The van der Waals surface area contributed by atoms with Crippen LogP contribution in [-0.4, -0.2) is 24.5 Å². The van der Waals surface area contributed by atoms with Gasteiger partial charge >= 0.3 is 0 Å². The number of hydroxylamine groups is 1. The molecule has 0 N–H and O–H groups in total. The molecule has 33 heavy (non-hydrogen) atoms. The van der Waals surface area contributed by atoms with Gasteiger partial charge in [-0.15, -0.1) is 0 Å². The molecule has 2 heterocycles. The molecule has 0 spiro atoms. The van der Waals surface area contributed by atoms with E-state index in [0.717, 1.165) is 11.3 Å². The highest BCUT2D eigenvalue weighted by molar-refractivity contribution is 6.23. The highest BCUT2D eigenvalue weighted by Crippen LogP contribution is 2.47. The smallest absolute Gasteiger partial charge is 0.266 e. The lowest BCUT2D eigenvalue weighted by atomic mass is 9.90. The Morgan fingerprint density at radius 2 is 1.61 bits per heavy atom. The van der Waals surface area contributed by atoms with Crippen molar-refractivity contribution in [1.82, 2.24) is 0 Å². The second-order valence-corrected chi connectivity index (χ2v) is 7.83. The number of rotatable bonds is 5. The number of hydrogen-bond acceptors (Lipinski definition) is 6. The molecule has 2 aliphatic rings. The van der Waals surface area contributed by atoms with Crippen molar-refractivity contribution in [3.05, 3.63) is 90.0 Å². The molecule has 2 aliphatic heterocycles. The third-order valence-corrected chi connectivity index (χ3v) is 5.91. The Balaban J connectivity index is 1.53. The largest absolute Gasteiger partial charge is 0.494 e. The Labute approximate surface area is 191 Å². The van der Waals surface area contributed by atoms with Gasteiger partial charge in [0.05, 0.1) is 35.7 Å². The molecule has 0 saturated carbocycles. The number of benzene rings is 3. The molecule has 0 radical (unpaired) electrons. The van der Waals surface area contributed by atoms with Gasteiger partial charge in [0.1, 0.15) is 11.7 Å². The van der Waals surface area contributed by atoms with Gasteiger partial charge in [-0.2, -0.15) is 5.26 Å². The van der Waals surface area contributed by atoms with Crippen LogP contribution in [0.5, 0.6) is 5.75 Å². The zero-order valence-electron chi connectivity index (χ0n) is 17.9. The van der Waals surface area contributed by atoms with Crippen LogP contribution < -0.4 is 14.7 Å². The second-order valence-electron chi connectivity index (χ2n) is 7.83. The fourth-order valence-corrected chi connectivity index (χ4v) is 4.42. The Bertz CT molecular complexity index is 1220. The van der Waals surface area contributed by atoms with Crippen LogP contribution in [-0.2, 0) is 14.4 Å². The summed E-state index contributed by atoms with van der Waals surface area (Å²) in [7, 11) is 0. The first-order valence-corrected chi connectivity index (χ1v) is 10.7. The topological polar surface area (TPSA) is 82.9 Å². The standard InChI is InChI=1S/C26H21N3O4/c1-2-32-21-14-12-19(13-15-21)28-25(30)22-23(18-10-8-17(16-27)9-11-18)29(33-24(22)26(28)31)20-6-4-3-5-7-20/h3-15,22-24H,2H2,1H3/t22-,23-,24-/m0/s1. The number of amides is 2. The minimum absolute atomic E-state index is 0.318. The van der Waals surface area contributed by atoms with E-state index in [1.807, 2.05) is 49.4 Å². The maximum absolute atomic E-state index is 13.6. The number of carbonyl (C=O) groups excluding carboxylic acids is 2. The molecule has 0 bridgehead atoms. The van der Waals surface area contributed by atoms with Gasteiger partial charge in [0.2, 0.25) is 5.91 Å². The summed E-state index contributed by atoms with van der Waals surface area (Å²) >= 11 is 0. The van der Waals surface area contributed by atoms with Gasteiger partial charge in [-0.1, -0.05) is 30.3 Å². The van der Waals surface area contributed by atoms with Gasteiger partial charge in [-0.05, 0) is 61.0 Å². The Morgan fingerprint density at radius 3 is 2.24 bits per heavy atom. The maximum Gasteiger partial charge on any atom is 0.266 e. The molecule has 2 amide bonds. The molecule has 0 aromatic heterocycles. The van der Waals surface area contributed by atoms with Gasteiger partial charge < -0.3 is 4.74 Å². The van der Waals surface area contributed by atoms with E-state index in [1.165, 1.54) is 4.90 Å². The predicted molar refractivity (Wildman–Crippen MR) is 121 cm³/mol. The summed E-state index contributed by atoms with van der Waals surface area (Å²) in [5, 5.41) is 10.8. The van der Waals surface area contributed by atoms with E-state index < -0.39 is 24.0 Å². The van der Waals surface area contributed by atoms with Gasteiger partial charge in [0.15, 0.2) is 6.10 Å². The second kappa shape index (κ2) is 8.41. The molecule has 2 saturated heterocycles. The molecule has 5 rings (SSSR count). The van der Waals surface area contributed by atoms with Crippen LogP contribution >= 0.6 is 0 Å². The molecular formula is C26H21N3O4. The highest BCUT2D eigenvalue weighted by Gasteiger charge is 2.60. The van der Waals surface area contributed by atoms with Crippen LogP contribution in [0, 0.1) is 17.2 Å². The number of carbonyl (C=O) groups is 2. The average Bonchev–Trinajstić information content (AvgIpc) is 3.36. The van der Waals surface area contributed by atoms with Crippen LogP contribution in [0.4, 0.5) is 11.4 Å². The molecule has 164 valence electrons. The number of hydrogen-bond donors (Lipinski definition) is 0. The monoisotopic (exact) mass is 439 g/mol. The van der Waals surface area contributed by atoms with Crippen molar-refractivity contribution in [1.29, 1.82) is 5.26 Å². The van der Waals surface area contributed by atoms with Crippen molar-refractivity contribution >= 4 is 23.2 Å². The maximum atomic E-state index is 13.6. The average molecular weight is 439 g/mol. The van der Waals surface area contributed by atoms with Crippen molar-refractivity contribution in [3.8, 4) is 11.8 Å². The molecule has 3 atom stereocenters. The molecule has 2 fully saturated rings. The minimum Gasteiger partial charge on any atom is -0.494 e. The van der Waals surface area contributed by atoms with Crippen LogP contribution in [0.2, 0.25) is 0 Å². The first-order chi connectivity index (χ1) is 16.1. The number of para-hydroxylation sites is 1. The number of nitriles is 1. The number of imide groups is 1. The normalized spacial score (nSPS) is 21.8. The predicted octanol–water partition coefficient (Wildman–Crippen LogP) is 4.01. The SMILES string of the molecule is CCOc1ccc(N2C(=O)[C@@H]3[C@H](ON(c4ccccc4)[C@H]3c3ccc(C#N)cc3)C2=O)cc1. The lowest BCUT2D eigenvalue weighted by Crippen LogP contribution is -2.37. The number of anilines is 2. The van der Waals surface area contributed by atoms with Crippen molar-refractivity contribution in [3.63, 3.8) is 0 Å². The third-order valence-electron chi connectivity index (χ3n) is 5.91. The first-order valence-electron chi connectivity index (χ1n) is 10.7. The first kappa shape index (κ1) is 20.7. The fraction of sp³-hybridized carbons (Fsp3) is 0.192. The summed E-state index contributed by atoms with van der Waals surface area (Å²) in [4.78, 5) is 34.3. The lowest BCUT2D eigenvalue weighted by Gasteiger charge is -2.28. The van der Waals surface area contributed by atoms with E-state index in [9.17, 15) is 9.59 Å². The zero-order valence-corrected chi connectivity index (χ0v) is 17.9. The number of ether oxygens (including phenoxy) is 1. The molecule has 3 aromatic rings. The summed E-state index contributed by atoms with van der Waals surface area (Å²) in [5.41, 5.74) is 2.54. The third kappa shape index (κ3) is 3.51. The Morgan fingerprint density at radius 1 is 0.909 bits per heavy atom. The van der Waals surface area contributed by atoms with Gasteiger partial charge in [0, 0.05) is 0 Å². The quantitative estimate of drug-likeness (QED) is 0.559. The molecule has 7 heteroatoms.